The zero-order chi connectivity index (χ0) is 21.2. The van der Waals surface area contributed by atoms with Crippen molar-refractivity contribution in [3.63, 3.8) is 0 Å². The highest BCUT2D eigenvalue weighted by Gasteiger charge is 2.02. The van der Waals surface area contributed by atoms with Crippen molar-refractivity contribution < 1.29 is 0 Å². The van der Waals surface area contributed by atoms with E-state index in [9.17, 15) is 0 Å². The van der Waals surface area contributed by atoms with Gasteiger partial charge in [0.2, 0.25) is 0 Å². The summed E-state index contributed by atoms with van der Waals surface area (Å²) in [5, 5.41) is 6.87. The summed E-state index contributed by atoms with van der Waals surface area (Å²) in [6, 6.07) is 12.6. The molecule has 2 aromatic rings. The van der Waals surface area contributed by atoms with Crippen LogP contribution in [0.5, 0.6) is 0 Å². The smallest absolute Gasteiger partial charge is 0.0991 e. The van der Waals surface area contributed by atoms with Crippen molar-refractivity contribution >= 4 is 23.0 Å². The van der Waals surface area contributed by atoms with Crippen molar-refractivity contribution in [1.82, 2.24) is 10.6 Å². The standard InChI is InChI=1S/C25H36N4/c1-18-12-10-13-19(2)24(18)28-22(5)26-16-8-7-9-17-27-23(6)29-25-20(3)14-11-15-21(25)4/h10-15H,7-9,16-17H2,1-6H3,(H,26,28)(H,27,29). The second-order valence-electron chi connectivity index (χ2n) is 7.79. The summed E-state index contributed by atoms with van der Waals surface area (Å²) in [7, 11) is 0. The Morgan fingerprint density at radius 3 is 1.31 bits per heavy atom. The topological polar surface area (TPSA) is 48.8 Å². The monoisotopic (exact) mass is 392 g/mol. The van der Waals surface area contributed by atoms with Crippen LogP contribution in [0.3, 0.4) is 0 Å². The molecule has 0 aliphatic carbocycles. The summed E-state index contributed by atoms with van der Waals surface area (Å²) in [6.45, 7) is 14.4. The molecule has 0 heterocycles. The number of para-hydroxylation sites is 2. The van der Waals surface area contributed by atoms with E-state index in [1.165, 1.54) is 28.7 Å². The SMILES string of the molecule is C/C(=N\c1c(C)cccc1C)NCCCCCN/C(C)=N/c1c(C)cccc1C. The van der Waals surface area contributed by atoms with Gasteiger partial charge in [0.05, 0.1) is 23.0 Å². The molecule has 29 heavy (non-hydrogen) atoms. The number of aryl methyl sites for hydroxylation is 4. The van der Waals surface area contributed by atoms with E-state index in [0.717, 1.165) is 49.0 Å². The van der Waals surface area contributed by atoms with E-state index in [1.54, 1.807) is 0 Å². The van der Waals surface area contributed by atoms with Crippen molar-refractivity contribution in [2.75, 3.05) is 13.1 Å². The van der Waals surface area contributed by atoms with E-state index < -0.39 is 0 Å². The first-order chi connectivity index (χ1) is 13.9. The van der Waals surface area contributed by atoms with Gasteiger partial charge in [-0.3, -0.25) is 0 Å². The zero-order valence-electron chi connectivity index (χ0n) is 18.9. The van der Waals surface area contributed by atoms with Crippen LogP contribution < -0.4 is 10.6 Å². The molecule has 156 valence electrons. The zero-order valence-corrected chi connectivity index (χ0v) is 18.9. The molecule has 0 amide bonds. The van der Waals surface area contributed by atoms with Gasteiger partial charge in [-0.05, 0) is 83.1 Å². The predicted molar refractivity (Wildman–Crippen MR) is 127 cm³/mol. The minimum atomic E-state index is 0.954. The highest BCUT2D eigenvalue weighted by molar-refractivity contribution is 5.83. The third kappa shape index (κ3) is 7.37. The van der Waals surface area contributed by atoms with E-state index in [-0.39, 0.29) is 0 Å². The maximum absolute atomic E-state index is 4.75. The average molecular weight is 393 g/mol. The van der Waals surface area contributed by atoms with Crippen LogP contribution in [-0.2, 0) is 0 Å². The van der Waals surface area contributed by atoms with Gasteiger partial charge in [0.15, 0.2) is 0 Å². The number of aliphatic imine (C=N–C) groups is 2. The average Bonchev–Trinajstić information content (AvgIpc) is 2.67. The molecular formula is C25H36N4. The molecule has 2 aromatic carbocycles. The Labute approximate surface area is 176 Å². The van der Waals surface area contributed by atoms with Crippen LogP contribution in [0.1, 0.15) is 55.4 Å². The van der Waals surface area contributed by atoms with Crippen LogP contribution in [0, 0.1) is 27.7 Å². The van der Waals surface area contributed by atoms with Crippen LogP contribution in [0.4, 0.5) is 11.4 Å². The van der Waals surface area contributed by atoms with Gasteiger partial charge in [0.1, 0.15) is 0 Å². The lowest BCUT2D eigenvalue weighted by molar-refractivity contribution is 0.651. The van der Waals surface area contributed by atoms with Crippen molar-refractivity contribution in [3.05, 3.63) is 58.7 Å². The fourth-order valence-electron chi connectivity index (χ4n) is 3.34. The van der Waals surface area contributed by atoms with E-state index in [0.29, 0.717) is 0 Å². The summed E-state index contributed by atoms with van der Waals surface area (Å²) < 4.78 is 0. The number of nitrogens with one attached hydrogen (secondary N) is 2. The Bertz CT molecular complexity index is 753. The third-order valence-electron chi connectivity index (χ3n) is 5.05. The van der Waals surface area contributed by atoms with Gasteiger partial charge in [-0.1, -0.05) is 36.4 Å². The molecule has 0 saturated heterocycles. The van der Waals surface area contributed by atoms with Gasteiger partial charge in [-0.2, -0.15) is 0 Å². The Hall–Kier alpha value is -2.62. The lowest BCUT2D eigenvalue weighted by atomic mass is 10.1. The molecule has 4 heteroatoms. The number of nitrogens with zero attached hydrogens (tertiary/aromatic N) is 2. The van der Waals surface area contributed by atoms with Gasteiger partial charge in [-0.25, -0.2) is 9.98 Å². The van der Waals surface area contributed by atoms with Crippen molar-refractivity contribution in [3.8, 4) is 0 Å². The fraction of sp³-hybridized carbons (Fsp3) is 0.440. The minimum absolute atomic E-state index is 0.954. The van der Waals surface area contributed by atoms with Crippen molar-refractivity contribution in [1.29, 1.82) is 0 Å². The van der Waals surface area contributed by atoms with Crippen LogP contribution in [0.25, 0.3) is 0 Å². The lowest BCUT2D eigenvalue weighted by Crippen LogP contribution is -2.23. The van der Waals surface area contributed by atoms with Gasteiger partial charge in [0.25, 0.3) is 0 Å². The third-order valence-corrected chi connectivity index (χ3v) is 5.05. The number of hydrogen-bond donors (Lipinski definition) is 2. The highest BCUT2D eigenvalue weighted by atomic mass is 15.0. The Morgan fingerprint density at radius 2 is 0.966 bits per heavy atom. The lowest BCUT2D eigenvalue weighted by Gasteiger charge is -2.10. The molecular weight excluding hydrogens is 356 g/mol. The van der Waals surface area contributed by atoms with E-state index in [1.807, 2.05) is 13.8 Å². The summed E-state index contributed by atoms with van der Waals surface area (Å²) in [5.41, 5.74) is 7.04. The molecule has 2 rings (SSSR count). The van der Waals surface area contributed by atoms with Gasteiger partial charge in [-0.15, -0.1) is 0 Å². The largest absolute Gasteiger partial charge is 0.374 e. The Balaban J connectivity index is 1.67. The first-order valence-electron chi connectivity index (χ1n) is 10.6. The van der Waals surface area contributed by atoms with Crippen LogP contribution in [0.15, 0.2) is 46.4 Å². The van der Waals surface area contributed by atoms with Crippen molar-refractivity contribution in [2.24, 2.45) is 9.98 Å². The van der Waals surface area contributed by atoms with Crippen molar-refractivity contribution in [2.45, 2.75) is 60.8 Å². The Kier molecular flexibility index (Phi) is 8.91. The number of rotatable bonds is 8. The predicted octanol–water partition coefficient (Wildman–Crippen LogP) is 6.07. The molecule has 0 unspecified atom stereocenters. The van der Waals surface area contributed by atoms with Gasteiger partial charge in [0, 0.05) is 13.1 Å². The number of amidine groups is 2. The second kappa shape index (κ2) is 11.4. The van der Waals surface area contributed by atoms with E-state index in [4.69, 9.17) is 9.98 Å². The normalized spacial score (nSPS) is 12.2. The minimum Gasteiger partial charge on any atom is -0.374 e. The molecule has 0 aromatic heterocycles. The summed E-state index contributed by atoms with van der Waals surface area (Å²) in [4.78, 5) is 9.49. The maximum atomic E-state index is 4.75. The second-order valence-corrected chi connectivity index (χ2v) is 7.79. The molecule has 0 saturated carbocycles. The van der Waals surface area contributed by atoms with E-state index in [2.05, 4.69) is 74.7 Å². The first-order valence-corrected chi connectivity index (χ1v) is 10.6. The molecule has 0 atom stereocenters. The Morgan fingerprint density at radius 1 is 0.621 bits per heavy atom. The number of benzene rings is 2. The fourth-order valence-corrected chi connectivity index (χ4v) is 3.34. The van der Waals surface area contributed by atoms with Crippen LogP contribution in [-0.4, -0.2) is 24.8 Å². The molecule has 4 nitrogen and oxygen atoms in total. The van der Waals surface area contributed by atoms with Crippen LogP contribution >= 0.6 is 0 Å². The first kappa shape index (κ1) is 22.7. The molecule has 0 aliphatic rings. The summed E-state index contributed by atoms with van der Waals surface area (Å²) >= 11 is 0. The molecule has 0 spiro atoms. The summed E-state index contributed by atoms with van der Waals surface area (Å²) in [6.07, 6.45) is 3.44. The molecule has 0 radical (unpaired) electrons. The van der Waals surface area contributed by atoms with Gasteiger partial charge < -0.3 is 10.6 Å². The maximum Gasteiger partial charge on any atom is 0.0991 e. The summed E-state index contributed by atoms with van der Waals surface area (Å²) in [5.74, 6) is 1.97. The number of unbranched alkanes of at least 4 members (excludes halogenated alkanes) is 2. The van der Waals surface area contributed by atoms with E-state index >= 15 is 0 Å². The van der Waals surface area contributed by atoms with Crippen LogP contribution in [0.2, 0.25) is 0 Å². The molecule has 0 fully saturated rings. The molecule has 2 N–H and O–H groups in total. The number of hydrogen-bond acceptors (Lipinski definition) is 2. The highest BCUT2D eigenvalue weighted by Crippen LogP contribution is 2.23. The molecule has 0 bridgehead atoms. The molecule has 0 aliphatic heterocycles. The van der Waals surface area contributed by atoms with Gasteiger partial charge >= 0.3 is 0 Å². The quantitative estimate of drug-likeness (QED) is 0.325.